The molecule has 0 radical (unpaired) electrons. The molecule has 4 heteroatoms. The van der Waals surface area contributed by atoms with Crippen molar-refractivity contribution < 1.29 is 14.3 Å². The summed E-state index contributed by atoms with van der Waals surface area (Å²) in [7, 11) is 0. The number of aliphatic hydroxyl groups is 1. The van der Waals surface area contributed by atoms with Gasteiger partial charge in [0, 0.05) is 10.9 Å². The van der Waals surface area contributed by atoms with Crippen LogP contribution < -0.4 is 0 Å². The van der Waals surface area contributed by atoms with Crippen molar-refractivity contribution in [2.45, 2.75) is 19.4 Å². The molecule has 0 aromatic heterocycles. The molecule has 2 nitrogen and oxygen atoms in total. The van der Waals surface area contributed by atoms with Gasteiger partial charge in [-0.2, -0.15) is 0 Å². The molecule has 0 saturated carbocycles. The van der Waals surface area contributed by atoms with E-state index in [2.05, 4.69) is 15.9 Å². The van der Waals surface area contributed by atoms with Crippen molar-refractivity contribution in [2.24, 2.45) is 0 Å². The van der Waals surface area contributed by atoms with Crippen LogP contribution in [-0.4, -0.2) is 17.0 Å². The highest BCUT2D eigenvalue weighted by Gasteiger charge is 2.11. The van der Waals surface area contributed by atoms with Gasteiger partial charge < -0.3 is 5.11 Å². The third kappa shape index (κ3) is 2.89. The summed E-state index contributed by atoms with van der Waals surface area (Å²) >= 11 is 3.15. The lowest BCUT2D eigenvalue weighted by Gasteiger charge is -2.05. The van der Waals surface area contributed by atoms with Gasteiger partial charge >= 0.3 is 0 Å². The van der Waals surface area contributed by atoms with E-state index in [1.54, 1.807) is 0 Å². The number of rotatable bonds is 3. The predicted molar refractivity (Wildman–Crippen MR) is 54.5 cm³/mol. The van der Waals surface area contributed by atoms with Crippen LogP contribution >= 0.6 is 15.9 Å². The fraction of sp³-hybridized carbons (Fsp3) is 0.300. The summed E-state index contributed by atoms with van der Waals surface area (Å²) in [4.78, 5) is 11.2. The van der Waals surface area contributed by atoms with Gasteiger partial charge in [0.1, 0.15) is 11.9 Å². The van der Waals surface area contributed by atoms with Crippen LogP contribution in [0.5, 0.6) is 0 Å². The van der Waals surface area contributed by atoms with Crippen LogP contribution in [0.2, 0.25) is 0 Å². The molecule has 0 aliphatic carbocycles. The molecule has 0 aliphatic heterocycles. The maximum Gasteiger partial charge on any atom is 0.165 e. The van der Waals surface area contributed by atoms with Crippen LogP contribution in [0, 0.1) is 5.82 Å². The highest BCUT2D eigenvalue weighted by Crippen LogP contribution is 2.18. The monoisotopic (exact) mass is 260 g/mol. The van der Waals surface area contributed by atoms with Crippen molar-refractivity contribution in [3.05, 3.63) is 34.1 Å². The van der Waals surface area contributed by atoms with E-state index in [0.29, 0.717) is 10.0 Å². The third-order valence-electron chi connectivity index (χ3n) is 1.85. The molecule has 0 saturated heterocycles. The van der Waals surface area contributed by atoms with Crippen molar-refractivity contribution in [3.63, 3.8) is 0 Å². The molecule has 0 bridgehead atoms. The first kappa shape index (κ1) is 11.3. The number of hydrogen-bond donors (Lipinski definition) is 1. The summed E-state index contributed by atoms with van der Waals surface area (Å²) in [6.07, 6.45) is -0.870. The molecule has 1 unspecified atom stereocenters. The molecule has 0 amide bonds. The maximum atomic E-state index is 12.7. The van der Waals surface area contributed by atoms with E-state index in [1.165, 1.54) is 25.1 Å². The Bertz CT molecular complexity index is 350. The molecule has 0 aliphatic rings. The summed E-state index contributed by atoms with van der Waals surface area (Å²) in [5.74, 6) is -0.637. The van der Waals surface area contributed by atoms with Gasteiger partial charge in [-0.15, -0.1) is 0 Å². The van der Waals surface area contributed by atoms with Gasteiger partial charge in [0.25, 0.3) is 0 Å². The molecular weight excluding hydrogens is 251 g/mol. The quantitative estimate of drug-likeness (QED) is 0.904. The molecular formula is C10H10BrFO2. The van der Waals surface area contributed by atoms with E-state index in [-0.39, 0.29) is 18.0 Å². The molecule has 1 N–H and O–H groups in total. The fourth-order valence-electron chi connectivity index (χ4n) is 1.00. The topological polar surface area (TPSA) is 37.3 Å². The van der Waals surface area contributed by atoms with Crippen molar-refractivity contribution in [1.82, 2.24) is 0 Å². The van der Waals surface area contributed by atoms with Gasteiger partial charge in [0.05, 0.1) is 0 Å². The molecule has 1 aromatic carbocycles. The Morgan fingerprint density at radius 3 is 2.79 bits per heavy atom. The Labute approximate surface area is 89.9 Å². The number of benzene rings is 1. The first-order chi connectivity index (χ1) is 6.50. The van der Waals surface area contributed by atoms with Crippen LogP contribution in [0.25, 0.3) is 0 Å². The van der Waals surface area contributed by atoms with Gasteiger partial charge in [-0.1, -0.05) is 22.0 Å². The van der Waals surface area contributed by atoms with Gasteiger partial charge in [0.15, 0.2) is 5.78 Å². The number of halogens is 2. The van der Waals surface area contributed by atoms with E-state index in [1.807, 2.05) is 0 Å². The van der Waals surface area contributed by atoms with Gasteiger partial charge in [-0.3, -0.25) is 4.79 Å². The second-order valence-electron chi connectivity index (χ2n) is 3.05. The number of ketones is 1. The summed E-state index contributed by atoms with van der Waals surface area (Å²) in [5, 5.41) is 8.99. The smallest absolute Gasteiger partial charge is 0.165 e. The van der Waals surface area contributed by atoms with Crippen LogP contribution in [0.4, 0.5) is 4.39 Å². The normalized spacial score (nSPS) is 12.6. The molecule has 1 atom stereocenters. The second-order valence-corrected chi connectivity index (χ2v) is 3.91. The number of carbonyl (C=O) groups is 1. The minimum absolute atomic E-state index is 0.110. The molecule has 0 fully saturated rings. The lowest BCUT2D eigenvalue weighted by molar-refractivity contribution is -0.125. The predicted octanol–water partition coefficient (Wildman–Crippen LogP) is 2.08. The first-order valence-electron chi connectivity index (χ1n) is 4.15. The largest absolute Gasteiger partial charge is 0.386 e. The zero-order valence-corrected chi connectivity index (χ0v) is 9.21. The number of aliphatic hydroxyl groups excluding tert-OH is 1. The van der Waals surface area contributed by atoms with Crippen LogP contribution in [-0.2, 0) is 11.2 Å². The van der Waals surface area contributed by atoms with Crippen molar-refractivity contribution >= 4 is 21.7 Å². The number of Topliss-reactive ketones (excluding diaryl/α,β-unsaturated/α-hetero) is 1. The van der Waals surface area contributed by atoms with Crippen molar-refractivity contribution in [2.75, 3.05) is 0 Å². The van der Waals surface area contributed by atoms with Crippen LogP contribution in [0.1, 0.15) is 12.5 Å². The molecule has 14 heavy (non-hydrogen) atoms. The first-order valence-corrected chi connectivity index (χ1v) is 4.94. The molecule has 0 spiro atoms. The van der Waals surface area contributed by atoms with Crippen molar-refractivity contribution in [1.29, 1.82) is 0 Å². The number of hydrogen-bond acceptors (Lipinski definition) is 2. The Balaban J connectivity index is 2.82. The minimum atomic E-state index is -0.980. The van der Waals surface area contributed by atoms with E-state index < -0.39 is 6.10 Å². The van der Waals surface area contributed by atoms with Crippen LogP contribution in [0.3, 0.4) is 0 Å². The van der Waals surface area contributed by atoms with E-state index >= 15 is 0 Å². The summed E-state index contributed by atoms with van der Waals surface area (Å²) < 4.78 is 13.2. The third-order valence-corrected chi connectivity index (χ3v) is 2.58. The fourth-order valence-corrected chi connectivity index (χ4v) is 1.49. The van der Waals surface area contributed by atoms with E-state index in [9.17, 15) is 9.18 Å². The SMILES string of the molecule is CC(O)C(=O)Cc1ccc(F)cc1Br. The molecule has 76 valence electrons. The number of carbonyl (C=O) groups excluding carboxylic acids is 1. The lowest BCUT2D eigenvalue weighted by atomic mass is 10.1. The summed E-state index contributed by atoms with van der Waals surface area (Å²) in [6.45, 7) is 1.42. The lowest BCUT2D eigenvalue weighted by Crippen LogP contribution is -2.18. The summed E-state index contributed by atoms with van der Waals surface area (Å²) in [5.41, 5.74) is 0.678. The second kappa shape index (κ2) is 4.66. The van der Waals surface area contributed by atoms with Gasteiger partial charge in [0.2, 0.25) is 0 Å². The van der Waals surface area contributed by atoms with E-state index in [0.717, 1.165) is 0 Å². The average molecular weight is 261 g/mol. The minimum Gasteiger partial charge on any atom is -0.386 e. The van der Waals surface area contributed by atoms with Crippen molar-refractivity contribution in [3.8, 4) is 0 Å². The zero-order chi connectivity index (χ0) is 10.7. The Morgan fingerprint density at radius 1 is 1.64 bits per heavy atom. The summed E-state index contributed by atoms with van der Waals surface area (Å²) in [6, 6.07) is 4.11. The van der Waals surface area contributed by atoms with Gasteiger partial charge in [-0.25, -0.2) is 4.39 Å². The van der Waals surface area contributed by atoms with Crippen LogP contribution in [0.15, 0.2) is 22.7 Å². The molecule has 1 rings (SSSR count). The zero-order valence-electron chi connectivity index (χ0n) is 7.63. The Hall–Kier alpha value is -0.740. The highest BCUT2D eigenvalue weighted by molar-refractivity contribution is 9.10. The van der Waals surface area contributed by atoms with Gasteiger partial charge in [-0.05, 0) is 24.6 Å². The Morgan fingerprint density at radius 2 is 2.29 bits per heavy atom. The highest BCUT2D eigenvalue weighted by atomic mass is 79.9. The Kier molecular flexibility index (Phi) is 3.77. The maximum absolute atomic E-state index is 12.7. The standard InChI is InChI=1S/C10H10BrFO2/c1-6(13)10(14)4-7-2-3-8(12)5-9(7)11/h2-3,5-6,13H,4H2,1H3. The molecule has 0 heterocycles. The van der Waals surface area contributed by atoms with E-state index in [4.69, 9.17) is 5.11 Å². The molecule has 1 aromatic rings. The average Bonchev–Trinajstić information content (AvgIpc) is 2.09.